The molecule has 0 saturated heterocycles. The molecule has 0 aliphatic heterocycles. The zero-order chi connectivity index (χ0) is 14.8. The van der Waals surface area contributed by atoms with Crippen molar-refractivity contribution in [3.63, 3.8) is 0 Å². The van der Waals surface area contributed by atoms with E-state index in [2.05, 4.69) is 25.6 Å². The molecule has 2 aromatic rings. The van der Waals surface area contributed by atoms with Crippen LogP contribution in [0.2, 0.25) is 0 Å². The molecule has 1 amide bonds. The Hall–Kier alpha value is -1.89. The minimum Gasteiger partial charge on any atom is -0.374 e. The average molecular weight is 325 g/mol. The first-order valence-electron chi connectivity index (χ1n) is 4.86. The minimum absolute atomic E-state index is 0.0788. The van der Waals surface area contributed by atoms with Crippen molar-refractivity contribution in [1.29, 1.82) is 0 Å². The quantitative estimate of drug-likeness (QED) is 0.716. The average Bonchev–Trinajstić information content (AvgIpc) is 2.95. The lowest BCUT2D eigenvalue weighted by molar-refractivity contribution is -0.144. The van der Waals surface area contributed by atoms with Crippen LogP contribution in [0.4, 0.5) is 24.3 Å². The van der Waals surface area contributed by atoms with E-state index in [4.69, 9.17) is 5.73 Å². The molecule has 0 bridgehead atoms. The van der Waals surface area contributed by atoms with Crippen molar-refractivity contribution in [3.8, 4) is 0 Å². The van der Waals surface area contributed by atoms with Crippen molar-refractivity contribution < 1.29 is 18.0 Å². The molecule has 4 N–H and O–H groups in total. The maximum absolute atomic E-state index is 12.2. The smallest absolute Gasteiger partial charge is 0.374 e. The van der Waals surface area contributed by atoms with Crippen LogP contribution in [0, 0.1) is 0 Å². The summed E-state index contributed by atoms with van der Waals surface area (Å²) < 4.78 is 37.2. The van der Waals surface area contributed by atoms with E-state index < -0.39 is 23.9 Å². The molecule has 0 atom stereocenters. The molecule has 0 saturated carbocycles. The van der Waals surface area contributed by atoms with E-state index in [1.54, 1.807) is 5.10 Å². The van der Waals surface area contributed by atoms with Crippen LogP contribution in [0.1, 0.15) is 5.82 Å². The van der Waals surface area contributed by atoms with Gasteiger partial charge in [-0.15, -0.1) is 15.3 Å². The number of aromatic amines is 1. The van der Waals surface area contributed by atoms with E-state index in [-0.39, 0.29) is 10.9 Å². The van der Waals surface area contributed by atoms with Crippen LogP contribution in [0.25, 0.3) is 0 Å². The second kappa shape index (κ2) is 5.62. The van der Waals surface area contributed by atoms with E-state index in [0.717, 1.165) is 23.1 Å². The molecule has 0 aliphatic carbocycles. The third-order valence-corrected chi connectivity index (χ3v) is 3.64. The number of hydrogen-bond acceptors (Lipinski definition) is 8. The molecule has 0 unspecified atom stereocenters. The largest absolute Gasteiger partial charge is 0.451 e. The van der Waals surface area contributed by atoms with E-state index in [9.17, 15) is 18.0 Å². The highest BCUT2D eigenvalue weighted by atomic mass is 32.2. The number of hydrogen-bond donors (Lipinski definition) is 3. The fourth-order valence-electron chi connectivity index (χ4n) is 1.01. The van der Waals surface area contributed by atoms with Crippen LogP contribution < -0.4 is 11.1 Å². The molecular formula is C7H6F3N7OS2. The van der Waals surface area contributed by atoms with Crippen molar-refractivity contribution in [2.45, 2.75) is 10.5 Å². The van der Waals surface area contributed by atoms with Crippen LogP contribution in [0.5, 0.6) is 0 Å². The number of aromatic nitrogens is 5. The Bertz CT molecular complexity index is 610. The lowest BCUT2D eigenvalue weighted by Crippen LogP contribution is -2.15. The zero-order valence-electron chi connectivity index (χ0n) is 9.43. The van der Waals surface area contributed by atoms with Crippen molar-refractivity contribution in [1.82, 2.24) is 25.4 Å². The maximum atomic E-state index is 12.2. The Morgan fingerprint density at radius 2 is 2.20 bits per heavy atom. The van der Waals surface area contributed by atoms with Crippen LogP contribution in [0.15, 0.2) is 4.34 Å². The Morgan fingerprint density at radius 1 is 1.45 bits per heavy atom. The third kappa shape index (κ3) is 3.80. The molecule has 2 aromatic heterocycles. The minimum atomic E-state index is -4.64. The molecule has 2 rings (SSSR count). The molecule has 0 aliphatic rings. The van der Waals surface area contributed by atoms with Gasteiger partial charge in [-0.2, -0.15) is 18.2 Å². The number of anilines is 2. The van der Waals surface area contributed by atoms with Crippen molar-refractivity contribution in [2.24, 2.45) is 0 Å². The topological polar surface area (TPSA) is 122 Å². The molecular weight excluding hydrogens is 319 g/mol. The molecule has 0 aromatic carbocycles. The number of H-pyrrole nitrogens is 1. The standard InChI is InChI=1S/C7H6F3N7OS2/c8-7(9,10)3-13-5(16-14-3)12-2(18)1-19-6-17-15-4(11)20-6/h1H2,(H2,11,15)(H2,12,13,14,16,18). The van der Waals surface area contributed by atoms with Crippen LogP contribution >= 0.6 is 23.1 Å². The number of amides is 1. The maximum Gasteiger partial charge on any atom is 0.451 e. The van der Waals surface area contributed by atoms with Gasteiger partial charge in [0.1, 0.15) is 0 Å². The highest BCUT2D eigenvalue weighted by Gasteiger charge is 2.35. The molecule has 0 fully saturated rings. The number of carbonyl (C=O) groups excluding carboxylic acids is 1. The number of nitrogens with zero attached hydrogens (tertiary/aromatic N) is 4. The van der Waals surface area contributed by atoms with Crippen molar-refractivity contribution in [2.75, 3.05) is 16.8 Å². The second-order valence-corrected chi connectivity index (χ2v) is 5.48. The molecule has 20 heavy (non-hydrogen) atoms. The van der Waals surface area contributed by atoms with Crippen LogP contribution in [-0.2, 0) is 11.0 Å². The van der Waals surface area contributed by atoms with Gasteiger partial charge >= 0.3 is 6.18 Å². The predicted molar refractivity (Wildman–Crippen MR) is 65.1 cm³/mol. The number of halogens is 3. The Balaban J connectivity index is 1.87. The zero-order valence-corrected chi connectivity index (χ0v) is 11.1. The first-order valence-corrected chi connectivity index (χ1v) is 6.66. The van der Waals surface area contributed by atoms with Crippen molar-refractivity contribution >= 4 is 40.1 Å². The van der Waals surface area contributed by atoms with Crippen molar-refractivity contribution in [3.05, 3.63) is 5.82 Å². The summed E-state index contributed by atoms with van der Waals surface area (Å²) in [6.45, 7) is 0. The number of rotatable bonds is 4. The van der Waals surface area contributed by atoms with Gasteiger partial charge in [0.15, 0.2) is 4.34 Å². The molecule has 108 valence electrons. The monoisotopic (exact) mass is 325 g/mol. The summed E-state index contributed by atoms with van der Waals surface area (Å²) >= 11 is 2.14. The fourth-order valence-corrected chi connectivity index (χ4v) is 2.45. The SMILES string of the molecule is Nc1nnc(SCC(=O)Nc2n[nH]c(C(F)(F)F)n2)s1. The van der Waals surface area contributed by atoms with E-state index in [1.807, 2.05) is 0 Å². The summed E-state index contributed by atoms with van der Waals surface area (Å²) in [6.07, 6.45) is -4.64. The van der Waals surface area contributed by atoms with E-state index in [0.29, 0.717) is 4.34 Å². The highest BCUT2D eigenvalue weighted by Crippen LogP contribution is 2.26. The summed E-state index contributed by atoms with van der Waals surface area (Å²) in [5.41, 5.74) is 5.35. The molecule has 0 spiro atoms. The number of thioether (sulfide) groups is 1. The predicted octanol–water partition coefficient (Wildman–Crippen LogP) is 0.988. The van der Waals surface area contributed by atoms with Gasteiger partial charge in [-0.25, -0.2) is 0 Å². The number of alkyl halides is 3. The van der Waals surface area contributed by atoms with Crippen LogP contribution in [-0.4, -0.2) is 37.0 Å². The van der Waals surface area contributed by atoms with Gasteiger partial charge in [0, 0.05) is 0 Å². The van der Waals surface area contributed by atoms with Gasteiger partial charge in [0.2, 0.25) is 22.8 Å². The summed E-state index contributed by atoms with van der Waals surface area (Å²) in [4.78, 5) is 14.6. The number of nitrogens with two attached hydrogens (primary N) is 1. The number of nitrogen functional groups attached to an aromatic ring is 1. The molecule has 0 radical (unpaired) electrons. The summed E-state index contributed by atoms with van der Waals surface area (Å²) in [5.74, 6) is -2.38. The Morgan fingerprint density at radius 3 is 2.75 bits per heavy atom. The lowest BCUT2D eigenvalue weighted by Gasteiger charge is -1.99. The normalized spacial score (nSPS) is 11.6. The van der Waals surface area contributed by atoms with Gasteiger partial charge in [-0.1, -0.05) is 23.1 Å². The molecule has 8 nitrogen and oxygen atoms in total. The summed E-state index contributed by atoms with van der Waals surface area (Å²) in [7, 11) is 0. The molecule has 2 heterocycles. The summed E-state index contributed by atoms with van der Waals surface area (Å²) in [6, 6.07) is 0. The first kappa shape index (κ1) is 14.5. The first-order chi connectivity index (χ1) is 9.34. The Kier molecular flexibility index (Phi) is 4.08. The number of nitrogens with one attached hydrogen (secondary N) is 2. The highest BCUT2D eigenvalue weighted by molar-refractivity contribution is 8.01. The van der Waals surface area contributed by atoms with Gasteiger partial charge < -0.3 is 5.73 Å². The second-order valence-electron chi connectivity index (χ2n) is 3.25. The Labute approximate surface area is 117 Å². The number of carbonyl (C=O) groups is 1. The lowest BCUT2D eigenvalue weighted by atomic mass is 10.6. The fraction of sp³-hybridized carbons (Fsp3) is 0.286. The van der Waals surface area contributed by atoms with Gasteiger partial charge in [-0.05, 0) is 0 Å². The van der Waals surface area contributed by atoms with E-state index >= 15 is 0 Å². The molecule has 13 heteroatoms. The van der Waals surface area contributed by atoms with Gasteiger partial charge in [0.05, 0.1) is 5.75 Å². The van der Waals surface area contributed by atoms with Crippen LogP contribution in [0.3, 0.4) is 0 Å². The van der Waals surface area contributed by atoms with E-state index in [1.165, 1.54) is 0 Å². The van der Waals surface area contributed by atoms with Gasteiger partial charge in [-0.3, -0.25) is 15.2 Å². The summed E-state index contributed by atoms with van der Waals surface area (Å²) in [5, 5.41) is 14.5. The third-order valence-electron chi connectivity index (χ3n) is 1.75. The van der Waals surface area contributed by atoms with Gasteiger partial charge in [0.25, 0.3) is 0 Å².